The van der Waals surface area contributed by atoms with E-state index in [1.165, 1.54) is 35.2 Å². The summed E-state index contributed by atoms with van der Waals surface area (Å²) in [5.41, 5.74) is 3.95. The zero-order valence-corrected chi connectivity index (χ0v) is 18.0. The van der Waals surface area contributed by atoms with Gasteiger partial charge in [0.1, 0.15) is 22.8 Å². The first-order valence-corrected chi connectivity index (χ1v) is 12.0. The molecule has 0 saturated carbocycles. The lowest BCUT2D eigenvalue weighted by atomic mass is 9.90. The number of nitrogens with one attached hydrogen (secondary N) is 1. The van der Waals surface area contributed by atoms with E-state index in [2.05, 4.69) is 15.2 Å². The summed E-state index contributed by atoms with van der Waals surface area (Å²) in [6.07, 6.45) is 8.93. The first-order chi connectivity index (χ1) is 14.9. The van der Waals surface area contributed by atoms with E-state index < -0.39 is 0 Å². The Balaban J connectivity index is 1.46. The van der Waals surface area contributed by atoms with E-state index in [9.17, 15) is 0 Å². The smallest absolute Gasteiger partial charge is 0.147 e. The fourth-order valence-corrected chi connectivity index (χ4v) is 6.14. The predicted molar refractivity (Wildman–Crippen MR) is 120 cm³/mol. The van der Waals surface area contributed by atoms with Gasteiger partial charge in [0.25, 0.3) is 0 Å². The van der Waals surface area contributed by atoms with E-state index in [0.29, 0.717) is 0 Å². The molecular formula is C22H27N5O2S. The highest BCUT2D eigenvalue weighted by atomic mass is 32.1. The summed E-state index contributed by atoms with van der Waals surface area (Å²) in [6.45, 7) is 5.07. The van der Waals surface area contributed by atoms with E-state index in [4.69, 9.17) is 19.4 Å². The number of aromatic nitrogens is 3. The van der Waals surface area contributed by atoms with Crippen LogP contribution in [0.25, 0.3) is 20.4 Å². The molecule has 3 aromatic rings. The van der Waals surface area contributed by atoms with Gasteiger partial charge in [-0.3, -0.25) is 0 Å². The van der Waals surface area contributed by atoms with Crippen molar-refractivity contribution >= 4 is 43.4 Å². The summed E-state index contributed by atoms with van der Waals surface area (Å²) in [7, 11) is 0. The molecule has 6 rings (SSSR count). The van der Waals surface area contributed by atoms with Crippen molar-refractivity contribution in [2.24, 2.45) is 0 Å². The molecule has 3 aliphatic rings. The van der Waals surface area contributed by atoms with Crippen LogP contribution in [0.5, 0.6) is 0 Å². The Labute approximate surface area is 179 Å². The lowest BCUT2D eigenvalue weighted by molar-refractivity contribution is 0.120. The molecule has 0 radical (unpaired) electrons. The summed E-state index contributed by atoms with van der Waals surface area (Å²) in [6, 6.07) is 0. The SMILES string of the molecule is c1nc(NC[C@H]2CCCO2)c2sc3nc(N4CCOCC4)c4c(c3c2n1)CCCC4. The van der Waals surface area contributed by atoms with Gasteiger partial charge in [0.15, 0.2) is 0 Å². The van der Waals surface area contributed by atoms with E-state index >= 15 is 0 Å². The van der Waals surface area contributed by atoms with Gasteiger partial charge in [-0.05, 0) is 49.7 Å². The highest BCUT2D eigenvalue weighted by molar-refractivity contribution is 7.26. The van der Waals surface area contributed by atoms with Crippen LogP contribution in [0.2, 0.25) is 0 Å². The van der Waals surface area contributed by atoms with E-state index in [-0.39, 0.29) is 6.10 Å². The van der Waals surface area contributed by atoms with Gasteiger partial charge in [-0.1, -0.05) is 0 Å². The van der Waals surface area contributed by atoms with Crippen molar-refractivity contribution in [3.8, 4) is 0 Å². The van der Waals surface area contributed by atoms with Gasteiger partial charge >= 0.3 is 0 Å². The number of hydrogen-bond acceptors (Lipinski definition) is 8. The summed E-state index contributed by atoms with van der Waals surface area (Å²) in [4.78, 5) is 18.0. The van der Waals surface area contributed by atoms with Crippen molar-refractivity contribution < 1.29 is 9.47 Å². The Bertz CT molecular complexity index is 1070. The number of thiophene rings is 1. The lowest BCUT2D eigenvalue weighted by Crippen LogP contribution is -2.37. The third kappa shape index (κ3) is 3.21. The fraction of sp³-hybridized carbons (Fsp3) is 0.591. The van der Waals surface area contributed by atoms with Gasteiger partial charge in [-0.15, -0.1) is 11.3 Å². The molecule has 2 fully saturated rings. The Morgan fingerprint density at radius 1 is 1.07 bits per heavy atom. The van der Waals surface area contributed by atoms with E-state index in [0.717, 1.165) is 86.0 Å². The Hall–Kier alpha value is -2.03. The van der Waals surface area contributed by atoms with Gasteiger partial charge in [0.2, 0.25) is 0 Å². The molecule has 0 bridgehead atoms. The minimum absolute atomic E-state index is 0.281. The highest BCUT2D eigenvalue weighted by Crippen LogP contribution is 2.42. The van der Waals surface area contributed by atoms with Gasteiger partial charge in [-0.25, -0.2) is 15.0 Å². The molecule has 8 heteroatoms. The lowest BCUT2D eigenvalue weighted by Gasteiger charge is -2.31. The number of rotatable bonds is 4. The molecule has 2 aliphatic heterocycles. The molecule has 1 aliphatic carbocycles. The van der Waals surface area contributed by atoms with Crippen LogP contribution in [0.1, 0.15) is 36.8 Å². The first-order valence-electron chi connectivity index (χ1n) is 11.2. The molecule has 158 valence electrons. The predicted octanol–water partition coefficient (Wildman–Crippen LogP) is 3.55. The van der Waals surface area contributed by atoms with Crippen LogP contribution in [0.15, 0.2) is 6.33 Å². The largest absolute Gasteiger partial charge is 0.378 e. The van der Waals surface area contributed by atoms with Gasteiger partial charge < -0.3 is 19.7 Å². The standard InChI is InChI=1S/C22H27N5O2S/c1-2-6-16-15(5-1)17-18-19(20(25-13-24-18)23-12-14-4-3-9-29-14)30-22(17)26-21(16)27-7-10-28-11-8-27/h13-14H,1-12H2,(H,23,24,25)/t14-/m1/s1. The molecule has 0 aromatic carbocycles. The monoisotopic (exact) mass is 425 g/mol. The van der Waals surface area contributed by atoms with Crippen LogP contribution in [-0.4, -0.2) is 60.5 Å². The summed E-state index contributed by atoms with van der Waals surface area (Å²) >= 11 is 1.72. The molecular weight excluding hydrogens is 398 g/mol. The van der Waals surface area contributed by atoms with Crippen LogP contribution in [-0.2, 0) is 22.3 Å². The molecule has 3 aromatic heterocycles. The van der Waals surface area contributed by atoms with E-state index in [1.807, 2.05) is 0 Å². The molecule has 5 heterocycles. The first kappa shape index (κ1) is 18.7. The molecule has 7 nitrogen and oxygen atoms in total. The van der Waals surface area contributed by atoms with Crippen LogP contribution in [0.3, 0.4) is 0 Å². The minimum Gasteiger partial charge on any atom is -0.378 e. The van der Waals surface area contributed by atoms with Crippen LogP contribution in [0, 0.1) is 0 Å². The molecule has 0 unspecified atom stereocenters. The van der Waals surface area contributed by atoms with Gasteiger partial charge in [-0.2, -0.15) is 0 Å². The average Bonchev–Trinajstić information content (AvgIpc) is 3.45. The second kappa shape index (κ2) is 7.90. The summed E-state index contributed by atoms with van der Waals surface area (Å²) in [5.74, 6) is 2.09. The Morgan fingerprint density at radius 3 is 2.77 bits per heavy atom. The van der Waals surface area contributed by atoms with Crippen LogP contribution in [0.4, 0.5) is 11.6 Å². The minimum atomic E-state index is 0.281. The number of pyridine rings is 1. The summed E-state index contributed by atoms with van der Waals surface area (Å²) < 4.78 is 12.5. The van der Waals surface area contributed by atoms with Crippen LogP contribution >= 0.6 is 11.3 Å². The zero-order chi connectivity index (χ0) is 19.9. The Morgan fingerprint density at radius 2 is 1.93 bits per heavy atom. The maximum atomic E-state index is 5.77. The van der Waals surface area contributed by atoms with Crippen molar-refractivity contribution in [1.29, 1.82) is 0 Å². The number of morpholine rings is 1. The average molecular weight is 426 g/mol. The maximum Gasteiger partial charge on any atom is 0.147 e. The maximum absolute atomic E-state index is 5.77. The molecule has 30 heavy (non-hydrogen) atoms. The van der Waals surface area contributed by atoms with Crippen molar-refractivity contribution in [3.63, 3.8) is 0 Å². The number of hydrogen-bond donors (Lipinski definition) is 1. The Kier molecular flexibility index (Phi) is 4.93. The highest BCUT2D eigenvalue weighted by Gasteiger charge is 2.26. The van der Waals surface area contributed by atoms with Crippen molar-refractivity contribution in [2.45, 2.75) is 44.6 Å². The number of fused-ring (bicyclic) bond motifs is 5. The molecule has 1 atom stereocenters. The van der Waals surface area contributed by atoms with Crippen molar-refractivity contribution in [1.82, 2.24) is 15.0 Å². The quantitative estimate of drug-likeness (QED) is 0.685. The number of nitrogens with zero attached hydrogens (tertiary/aromatic N) is 4. The van der Waals surface area contributed by atoms with Gasteiger partial charge in [0, 0.05) is 31.6 Å². The molecule has 0 amide bonds. The number of anilines is 2. The normalized spacial score (nSPS) is 22.0. The molecule has 0 spiro atoms. The van der Waals surface area contributed by atoms with Crippen molar-refractivity contribution in [3.05, 3.63) is 17.5 Å². The second-order valence-corrected chi connectivity index (χ2v) is 9.40. The fourth-order valence-electron chi connectivity index (χ4n) is 5.02. The number of ether oxygens (including phenoxy) is 2. The third-order valence-electron chi connectivity index (χ3n) is 6.53. The topological polar surface area (TPSA) is 72.4 Å². The second-order valence-electron chi connectivity index (χ2n) is 8.40. The van der Waals surface area contributed by atoms with Gasteiger partial charge in [0.05, 0.1) is 29.5 Å². The number of aryl methyl sites for hydroxylation is 1. The summed E-state index contributed by atoms with van der Waals surface area (Å²) in [5, 5.41) is 4.78. The molecule has 2 saturated heterocycles. The molecule has 1 N–H and O–H groups in total. The van der Waals surface area contributed by atoms with Crippen molar-refractivity contribution in [2.75, 3.05) is 49.7 Å². The van der Waals surface area contributed by atoms with Crippen LogP contribution < -0.4 is 10.2 Å². The third-order valence-corrected chi connectivity index (χ3v) is 7.61. The zero-order valence-electron chi connectivity index (χ0n) is 17.2. The van der Waals surface area contributed by atoms with E-state index in [1.54, 1.807) is 17.7 Å².